The number of rotatable bonds is 0. The molecule has 1 nitrogen and oxygen atoms in total. The first-order valence-electron chi connectivity index (χ1n) is 3.99. The van der Waals surface area contributed by atoms with E-state index in [1.54, 1.807) is 0 Å². The lowest BCUT2D eigenvalue weighted by molar-refractivity contribution is 0.328. The smallest absolute Gasteiger partial charge is 0.101 e. The topological polar surface area (TPSA) is 9.23 Å². The van der Waals surface area contributed by atoms with Crippen LogP contribution < -0.4 is 0 Å². The molecule has 0 aromatic rings. The van der Waals surface area contributed by atoms with Crippen molar-refractivity contribution in [2.24, 2.45) is 11.8 Å². The van der Waals surface area contributed by atoms with Crippen molar-refractivity contribution in [1.82, 2.24) is 0 Å². The second-order valence-electron chi connectivity index (χ2n) is 3.19. The molecule has 2 atom stereocenters. The zero-order valence-electron chi connectivity index (χ0n) is 6.55. The molecular formula is C10H12O. The molecule has 1 heterocycles. The molecular weight excluding hydrogens is 136 g/mol. The van der Waals surface area contributed by atoms with Crippen LogP contribution in [-0.2, 0) is 4.74 Å². The maximum absolute atomic E-state index is 5.38. The Morgan fingerprint density at radius 1 is 1.09 bits per heavy atom. The number of hydrogen-bond acceptors (Lipinski definition) is 1. The quantitative estimate of drug-likeness (QED) is 0.480. The van der Waals surface area contributed by atoms with Crippen LogP contribution in [0.4, 0.5) is 0 Å². The lowest BCUT2D eigenvalue weighted by Crippen LogP contribution is -2.11. The molecule has 0 aromatic heterocycles. The Morgan fingerprint density at radius 2 is 1.55 bits per heavy atom. The van der Waals surface area contributed by atoms with Gasteiger partial charge in [0.05, 0.1) is 0 Å². The Morgan fingerprint density at radius 3 is 2.00 bits per heavy atom. The normalized spacial score (nSPS) is 35.3. The molecule has 1 aliphatic carbocycles. The molecule has 0 saturated carbocycles. The van der Waals surface area contributed by atoms with Gasteiger partial charge in [0.2, 0.25) is 0 Å². The summed E-state index contributed by atoms with van der Waals surface area (Å²) in [5.41, 5.74) is 0. The molecule has 2 rings (SSSR count). The van der Waals surface area contributed by atoms with E-state index in [9.17, 15) is 0 Å². The standard InChI is InChI=1S/C10H12O/c1-7-9-5-3-4-6-10(9)8(2)11-7/h3-4,9-10H,1-2,5-6H2. The van der Waals surface area contributed by atoms with Crippen LogP contribution in [0, 0.1) is 11.8 Å². The third kappa shape index (κ3) is 0.917. The van der Waals surface area contributed by atoms with E-state index in [1.165, 1.54) is 0 Å². The molecule has 2 unspecified atom stereocenters. The minimum absolute atomic E-state index is 0.507. The highest BCUT2D eigenvalue weighted by atomic mass is 16.5. The number of ether oxygens (including phenoxy) is 1. The SMILES string of the molecule is C=C1OC(=C)C2CC=CCC12. The maximum Gasteiger partial charge on any atom is 0.101 e. The molecule has 58 valence electrons. The molecule has 1 heteroatoms. The van der Waals surface area contributed by atoms with Crippen molar-refractivity contribution < 1.29 is 4.74 Å². The molecule has 2 aliphatic rings. The van der Waals surface area contributed by atoms with E-state index in [2.05, 4.69) is 25.3 Å². The second kappa shape index (κ2) is 2.26. The van der Waals surface area contributed by atoms with Crippen LogP contribution in [0.3, 0.4) is 0 Å². The average molecular weight is 148 g/mol. The van der Waals surface area contributed by atoms with Crippen LogP contribution in [0.2, 0.25) is 0 Å². The first kappa shape index (κ1) is 6.71. The van der Waals surface area contributed by atoms with Gasteiger partial charge in [0.15, 0.2) is 0 Å². The molecule has 0 amide bonds. The molecule has 0 N–H and O–H groups in total. The van der Waals surface area contributed by atoms with Crippen LogP contribution >= 0.6 is 0 Å². The van der Waals surface area contributed by atoms with Crippen LogP contribution in [0.5, 0.6) is 0 Å². The highest BCUT2D eigenvalue weighted by molar-refractivity contribution is 5.19. The van der Waals surface area contributed by atoms with Crippen LogP contribution in [0.15, 0.2) is 36.8 Å². The van der Waals surface area contributed by atoms with Gasteiger partial charge in [-0.1, -0.05) is 25.3 Å². The summed E-state index contributed by atoms with van der Waals surface area (Å²) in [6.45, 7) is 7.74. The zero-order valence-corrected chi connectivity index (χ0v) is 6.55. The van der Waals surface area contributed by atoms with E-state index < -0.39 is 0 Å². The minimum atomic E-state index is 0.507. The Balaban J connectivity index is 2.28. The lowest BCUT2D eigenvalue weighted by atomic mass is 9.83. The Bertz CT molecular complexity index is 213. The minimum Gasteiger partial charge on any atom is -0.467 e. The Hall–Kier alpha value is -0.980. The van der Waals surface area contributed by atoms with Gasteiger partial charge in [-0.3, -0.25) is 0 Å². The third-order valence-electron chi connectivity index (χ3n) is 2.52. The summed E-state index contributed by atoms with van der Waals surface area (Å²) in [7, 11) is 0. The maximum atomic E-state index is 5.38. The van der Waals surface area contributed by atoms with Gasteiger partial charge >= 0.3 is 0 Å². The fraction of sp³-hybridized carbons (Fsp3) is 0.400. The fourth-order valence-corrected chi connectivity index (χ4v) is 1.85. The van der Waals surface area contributed by atoms with E-state index in [0.717, 1.165) is 24.4 Å². The predicted octanol–water partition coefficient (Wildman–Crippen LogP) is 2.63. The second-order valence-corrected chi connectivity index (χ2v) is 3.19. The molecule has 0 bridgehead atoms. The van der Waals surface area contributed by atoms with Crippen LogP contribution in [0.1, 0.15) is 12.8 Å². The van der Waals surface area contributed by atoms with Crippen LogP contribution in [-0.4, -0.2) is 0 Å². The van der Waals surface area contributed by atoms with Gasteiger partial charge in [0, 0.05) is 11.8 Å². The van der Waals surface area contributed by atoms with E-state index in [-0.39, 0.29) is 0 Å². The highest BCUT2D eigenvalue weighted by Gasteiger charge is 2.35. The molecule has 0 radical (unpaired) electrons. The van der Waals surface area contributed by atoms with Crippen molar-refractivity contribution in [3.8, 4) is 0 Å². The molecule has 0 spiro atoms. The summed E-state index contributed by atoms with van der Waals surface area (Å²) < 4.78 is 5.38. The summed E-state index contributed by atoms with van der Waals surface area (Å²) in [6, 6.07) is 0. The third-order valence-corrected chi connectivity index (χ3v) is 2.52. The number of fused-ring (bicyclic) bond motifs is 1. The Labute approximate surface area is 67.1 Å². The number of hydrogen-bond donors (Lipinski definition) is 0. The first-order valence-corrected chi connectivity index (χ1v) is 3.99. The van der Waals surface area contributed by atoms with Gasteiger partial charge in [0.25, 0.3) is 0 Å². The van der Waals surface area contributed by atoms with Crippen molar-refractivity contribution in [3.63, 3.8) is 0 Å². The molecule has 1 aliphatic heterocycles. The van der Waals surface area contributed by atoms with Crippen molar-refractivity contribution in [2.45, 2.75) is 12.8 Å². The van der Waals surface area contributed by atoms with Crippen molar-refractivity contribution in [3.05, 3.63) is 36.8 Å². The lowest BCUT2D eigenvalue weighted by Gasteiger charge is -2.17. The Kier molecular flexibility index (Phi) is 1.38. The first-order chi connectivity index (χ1) is 5.29. The zero-order chi connectivity index (χ0) is 7.84. The van der Waals surface area contributed by atoms with Crippen molar-refractivity contribution >= 4 is 0 Å². The van der Waals surface area contributed by atoms with E-state index in [0.29, 0.717) is 11.8 Å². The summed E-state index contributed by atoms with van der Waals surface area (Å²) >= 11 is 0. The summed E-state index contributed by atoms with van der Waals surface area (Å²) in [5.74, 6) is 2.83. The summed E-state index contributed by atoms with van der Waals surface area (Å²) in [5, 5.41) is 0. The van der Waals surface area contributed by atoms with Crippen LogP contribution in [0.25, 0.3) is 0 Å². The van der Waals surface area contributed by atoms with E-state index in [4.69, 9.17) is 4.74 Å². The van der Waals surface area contributed by atoms with Crippen molar-refractivity contribution in [1.29, 1.82) is 0 Å². The van der Waals surface area contributed by atoms with Gasteiger partial charge in [0.1, 0.15) is 11.5 Å². The van der Waals surface area contributed by atoms with Gasteiger partial charge in [-0.25, -0.2) is 0 Å². The summed E-state index contributed by atoms with van der Waals surface area (Å²) in [4.78, 5) is 0. The van der Waals surface area contributed by atoms with E-state index >= 15 is 0 Å². The predicted molar refractivity (Wildman–Crippen MR) is 44.7 cm³/mol. The van der Waals surface area contributed by atoms with Gasteiger partial charge in [-0.05, 0) is 12.8 Å². The number of allylic oxidation sites excluding steroid dienone is 4. The summed E-state index contributed by atoms with van der Waals surface area (Å²) in [6.07, 6.45) is 6.55. The van der Waals surface area contributed by atoms with Gasteiger partial charge in [-0.2, -0.15) is 0 Å². The largest absolute Gasteiger partial charge is 0.467 e. The molecule has 1 fully saturated rings. The van der Waals surface area contributed by atoms with Gasteiger partial charge in [-0.15, -0.1) is 0 Å². The van der Waals surface area contributed by atoms with E-state index in [1.807, 2.05) is 0 Å². The fourth-order valence-electron chi connectivity index (χ4n) is 1.85. The molecule has 0 aromatic carbocycles. The average Bonchev–Trinajstić information content (AvgIpc) is 2.30. The monoisotopic (exact) mass is 148 g/mol. The molecule has 1 saturated heterocycles. The van der Waals surface area contributed by atoms with Gasteiger partial charge < -0.3 is 4.74 Å². The molecule has 11 heavy (non-hydrogen) atoms. The highest BCUT2D eigenvalue weighted by Crippen LogP contribution is 2.43. The van der Waals surface area contributed by atoms with Crippen molar-refractivity contribution in [2.75, 3.05) is 0 Å².